The number of para-hydroxylation sites is 1. The number of aromatic nitrogens is 2. The van der Waals surface area contributed by atoms with Crippen molar-refractivity contribution in [3.8, 4) is 0 Å². The zero-order valence-electron chi connectivity index (χ0n) is 11.4. The van der Waals surface area contributed by atoms with E-state index in [9.17, 15) is 18.0 Å². The summed E-state index contributed by atoms with van der Waals surface area (Å²) in [5, 5.41) is 9.96. The third-order valence-corrected chi connectivity index (χ3v) is 3.39. The molecule has 1 N–H and O–H groups in total. The van der Waals surface area contributed by atoms with E-state index in [1.54, 1.807) is 6.07 Å². The number of anilines is 1. The van der Waals surface area contributed by atoms with Gasteiger partial charge in [0.15, 0.2) is 5.69 Å². The minimum Gasteiger partial charge on any atom is -0.320 e. The van der Waals surface area contributed by atoms with Crippen LogP contribution in [0.5, 0.6) is 0 Å². The van der Waals surface area contributed by atoms with Gasteiger partial charge in [0, 0.05) is 5.92 Å². The Morgan fingerprint density at radius 3 is 2.41 bits per heavy atom. The summed E-state index contributed by atoms with van der Waals surface area (Å²) in [5.74, 6) is -0.317. The Labute approximate surface area is 124 Å². The first-order chi connectivity index (χ1) is 10.4. The molecule has 2 aromatic rings. The molecule has 1 aromatic carbocycles. The maximum absolute atomic E-state index is 12.9. The van der Waals surface area contributed by atoms with Gasteiger partial charge in [-0.05, 0) is 37.1 Å². The van der Waals surface area contributed by atoms with Crippen molar-refractivity contribution in [3.63, 3.8) is 0 Å². The summed E-state index contributed by atoms with van der Waals surface area (Å²) in [7, 11) is 0. The number of halogens is 3. The van der Waals surface area contributed by atoms with Crippen LogP contribution in [-0.2, 0) is 6.18 Å². The number of carbonyl (C=O) groups is 1. The van der Waals surface area contributed by atoms with Gasteiger partial charge in [0.2, 0.25) is 0 Å². The predicted molar refractivity (Wildman–Crippen MR) is 73.4 cm³/mol. The molecule has 0 aliphatic heterocycles. The van der Waals surface area contributed by atoms with Gasteiger partial charge in [-0.1, -0.05) is 12.1 Å². The Morgan fingerprint density at radius 2 is 1.82 bits per heavy atom. The van der Waals surface area contributed by atoms with E-state index < -0.39 is 17.6 Å². The Hall–Kier alpha value is -2.44. The van der Waals surface area contributed by atoms with Crippen LogP contribution in [-0.4, -0.2) is 16.1 Å². The van der Waals surface area contributed by atoms with E-state index in [-0.39, 0.29) is 11.4 Å². The zero-order chi connectivity index (χ0) is 15.7. The average molecular weight is 307 g/mol. The first-order valence-corrected chi connectivity index (χ1v) is 6.76. The minimum atomic E-state index is -4.54. The maximum atomic E-state index is 12.9. The molecule has 114 valence electrons. The van der Waals surface area contributed by atoms with E-state index in [1.807, 2.05) is 0 Å². The highest BCUT2D eigenvalue weighted by Gasteiger charge is 2.33. The molecule has 0 unspecified atom stereocenters. The van der Waals surface area contributed by atoms with Gasteiger partial charge in [0.05, 0.1) is 16.9 Å². The summed E-state index contributed by atoms with van der Waals surface area (Å²) >= 11 is 0. The topological polar surface area (TPSA) is 54.9 Å². The van der Waals surface area contributed by atoms with Crippen LogP contribution in [0.1, 0.15) is 40.5 Å². The molecule has 0 bridgehead atoms. The second-order valence-electron chi connectivity index (χ2n) is 5.12. The molecule has 4 nitrogen and oxygen atoms in total. The minimum absolute atomic E-state index is 0.0126. The molecule has 7 heteroatoms. The van der Waals surface area contributed by atoms with E-state index in [4.69, 9.17) is 0 Å². The van der Waals surface area contributed by atoms with Crippen LogP contribution < -0.4 is 5.32 Å². The standard InChI is InChI=1S/C15H12F3N3O/c16-15(17,18)10-3-1-2-4-12(10)19-14(22)13-8-7-11(20-21-13)9-5-6-9/h1-4,7-9H,5-6H2,(H,19,22). The van der Waals surface area contributed by atoms with Crippen molar-refractivity contribution in [2.45, 2.75) is 24.9 Å². The van der Waals surface area contributed by atoms with Gasteiger partial charge in [0.25, 0.3) is 5.91 Å². The lowest BCUT2D eigenvalue weighted by molar-refractivity contribution is -0.136. The number of benzene rings is 1. The SMILES string of the molecule is O=C(Nc1ccccc1C(F)(F)F)c1ccc(C2CC2)nn1. The molecule has 0 radical (unpaired) electrons. The van der Waals surface area contributed by atoms with E-state index in [1.165, 1.54) is 24.3 Å². The lowest BCUT2D eigenvalue weighted by Gasteiger charge is -2.13. The molecule has 1 aliphatic carbocycles. The molecule has 3 rings (SSSR count). The fourth-order valence-corrected chi connectivity index (χ4v) is 2.09. The summed E-state index contributed by atoms with van der Waals surface area (Å²) in [6.07, 6.45) is -2.43. The highest BCUT2D eigenvalue weighted by Crippen LogP contribution is 2.38. The average Bonchev–Trinajstić information content (AvgIpc) is 3.31. The number of hydrogen-bond acceptors (Lipinski definition) is 3. The zero-order valence-corrected chi connectivity index (χ0v) is 11.4. The molecule has 22 heavy (non-hydrogen) atoms. The summed E-state index contributed by atoms with van der Waals surface area (Å²) in [5.41, 5.74) is -0.396. The van der Waals surface area contributed by atoms with Gasteiger partial charge in [0.1, 0.15) is 0 Å². The number of carbonyl (C=O) groups excluding carboxylic acids is 1. The molecule has 1 saturated carbocycles. The lowest BCUT2D eigenvalue weighted by atomic mass is 10.1. The summed E-state index contributed by atoms with van der Waals surface area (Å²) in [4.78, 5) is 12.0. The Balaban J connectivity index is 1.79. The number of rotatable bonds is 3. The summed E-state index contributed by atoms with van der Waals surface area (Å²) in [6, 6.07) is 7.97. The summed E-state index contributed by atoms with van der Waals surface area (Å²) in [6.45, 7) is 0. The number of hydrogen-bond donors (Lipinski definition) is 1. The van der Waals surface area contributed by atoms with Crippen molar-refractivity contribution in [2.24, 2.45) is 0 Å². The first-order valence-electron chi connectivity index (χ1n) is 6.76. The maximum Gasteiger partial charge on any atom is 0.418 e. The monoisotopic (exact) mass is 307 g/mol. The van der Waals surface area contributed by atoms with Gasteiger partial charge in [-0.25, -0.2) is 0 Å². The molecule has 1 aliphatic rings. The molecule has 1 aromatic heterocycles. The highest BCUT2D eigenvalue weighted by molar-refractivity contribution is 6.03. The number of amides is 1. The molecule has 1 fully saturated rings. The normalized spacial score (nSPS) is 14.7. The van der Waals surface area contributed by atoms with Crippen molar-refractivity contribution in [3.05, 3.63) is 53.3 Å². The third kappa shape index (κ3) is 3.08. The van der Waals surface area contributed by atoms with Crippen LogP contribution in [0.2, 0.25) is 0 Å². The Kier molecular flexibility index (Phi) is 3.56. The van der Waals surface area contributed by atoms with Gasteiger partial charge < -0.3 is 5.32 Å². The molecular weight excluding hydrogens is 295 g/mol. The molecule has 0 atom stereocenters. The smallest absolute Gasteiger partial charge is 0.320 e. The van der Waals surface area contributed by atoms with Crippen LogP contribution in [0, 0.1) is 0 Å². The van der Waals surface area contributed by atoms with Gasteiger partial charge >= 0.3 is 6.18 Å². The second kappa shape index (κ2) is 5.40. The Bertz CT molecular complexity index is 694. The van der Waals surface area contributed by atoms with Crippen molar-refractivity contribution in [1.82, 2.24) is 10.2 Å². The van der Waals surface area contributed by atoms with E-state index in [2.05, 4.69) is 15.5 Å². The van der Waals surface area contributed by atoms with Crippen LogP contribution in [0.4, 0.5) is 18.9 Å². The van der Waals surface area contributed by atoms with E-state index in [0.717, 1.165) is 24.6 Å². The van der Waals surface area contributed by atoms with E-state index >= 15 is 0 Å². The molecule has 1 heterocycles. The fourth-order valence-electron chi connectivity index (χ4n) is 2.09. The number of nitrogens with one attached hydrogen (secondary N) is 1. The molecule has 0 saturated heterocycles. The molecular formula is C15H12F3N3O. The van der Waals surface area contributed by atoms with Gasteiger partial charge in [-0.3, -0.25) is 4.79 Å². The second-order valence-corrected chi connectivity index (χ2v) is 5.12. The molecule has 1 amide bonds. The van der Waals surface area contributed by atoms with Crippen molar-refractivity contribution in [2.75, 3.05) is 5.32 Å². The Morgan fingerprint density at radius 1 is 1.09 bits per heavy atom. The van der Waals surface area contributed by atoms with Gasteiger partial charge in [-0.15, -0.1) is 5.10 Å². The summed E-state index contributed by atoms with van der Waals surface area (Å²) < 4.78 is 38.6. The number of alkyl halides is 3. The van der Waals surface area contributed by atoms with Crippen molar-refractivity contribution < 1.29 is 18.0 Å². The number of nitrogens with zero attached hydrogens (tertiary/aromatic N) is 2. The largest absolute Gasteiger partial charge is 0.418 e. The molecule has 0 spiro atoms. The lowest BCUT2D eigenvalue weighted by Crippen LogP contribution is -2.18. The van der Waals surface area contributed by atoms with Crippen LogP contribution in [0.15, 0.2) is 36.4 Å². The van der Waals surface area contributed by atoms with Gasteiger partial charge in [-0.2, -0.15) is 18.3 Å². The van der Waals surface area contributed by atoms with Crippen LogP contribution >= 0.6 is 0 Å². The van der Waals surface area contributed by atoms with Crippen LogP contribution in [0.25, 0.3) is 0 Å². The van der Waals surface area contributed by atoms with Crippen molar-refractivity contribution in [1.29, 1.82) is 0 Å². The highest BCUT2D eigenvalue weighted by atomic mass is 19.4. The van der Waals surface area contributed by atoms with E-state index in [0.29, 0.717) is 5.92 Å². The first kappa shape index (κ1) is 14.5. The van der Waals surface area contributed by atoms with Crippen molar-refractivity contribution >= 4 is 11.6 Å². The predicted octanol–water partition coefficient (Wildman–Crippen LogP) is 3.63. The third-order valence-electron chi connectivity index (χ3n) is 3.39. The van der Waals surface area contributed by atoms with Crippen LogP contribution in [0.3, 0.4) is 0 Å². The quantitative estimate of drug-likeness (QED) is 0.942. The fraction of sp³-hybridized carbons (Fsp3) is 0.267.